The lowest BCUT2D eigenvalue weighted by molar-refractivity contribution is -0.159. The minimum absolute atomic E-state index is 0.233. The Kier molecular flexibility index (Phi) is 9.96. The molecule has 0 aliphatic carbocycles. The number of nitrogens with zero attached hydrogens (tertiary/aromatic N) is 3. The fraction of sp³-hybridized carbons (Fsp3) is 0.594. The van der Waals surface area contributed by atoms with Crippen molar-refractivity contribution in [2.24, 2.45) is 0 Å². The number of piperidine rings is 1. The lowest BCUT2D eigenvalue weighted by Gasteiger charge is -2.44. The maximum Gasteiger partial charge on any atom is 0.329 e. The number of hydrogen-bond donors (Lipinski definition) is 0. The Balaban J connectivity index is 1.44. The summed E-state index contributed by atoms with van der Waals surface area (Å²) < 4.78 is 34.3. The van der Waals surface area contributed by atoms with Crippen LogP contribution < -0.4 is 4.90 Å². The molecule has 40 heavy (non-hydrogen) atoms. The van der Waals surface area contributed by atoms with E-state index in [2.05, 4.69) is 53.1 Å². The highest BCUT2D eigenvalue weighted by Gasteiger charge is 2.56. The monoisotopic (exact) mass is 569 g/mol. The Morgan fingerprint density at radius 3 is 2.05 bits per heavy atom. The number of likely N-dealkylation sites (tertiary alicyclic amines) is 1. The molecule has 0 bridgehead atoms. The van der Waals surface area contributed by atoms with E-state index in [1.807, 2.05) is 18.2 Å². The van der Waals surface area contributed by atoms with Gasteiger partial charge in [0.25, 0.3) is 0 Å². The van der Waals surface area contributed by atoms with E-state index in [9.17, 15) is 13.2 Å². The number of piperazine rings is 1. The second kappa shape index (κ2) is 13.0. The van der Waals surface area contributed by atoms with Crippen LogP contribution in [0.25, 0.3) is 0 Å². The molecule has 2 aromatic rings. The lowest BCUT2D eigenvalue weighted by atomic mass is 9.95. The molecule has 7 nitrogen and oxygen atoms in total. The molecule has 4 rings (SSSR count). The van der Waals surface area contributed by atoms with E-state index in [-0.39, 0.29) is 12.8 Å². The van der Waals surface area contributed by atoms with Crippen molar-refractivity contribution in [3.63, 3.8) is 0 Å². The van der Waals surface area contributed by atoms with Crippen LogP contribution in [0.3, 0.4) is 0 Å². The van der Waals surface area contributed by atoms with Crippen LogP contribution in [0.5, 0.6) is 0 Å². The van der Waals surface area contributed by atoms with Crippen LogP contribution >= 0.6 is 0 Å². The summed E-state index contributed by atoms with van der Waals surface area (Å²) in [4.78, 5) is 18.1. The summed E-state index contributed by atoms with van der Waals surface area (Å²) in [6, 6.07) is 18.8. The number of esters is 1. The Morgan fingerprint density at radius 1 is 0.850 bits per heavy atom. The summed E-state index contributed by atoms with van der Waals surface area (Å²) in [6.45, 7) is 11.3. The highest BCUT2D eigenvalue weighted by Crippen LogP contribution is 2.37. The van der Waals surface area contributed by atoms with Crippen molar-refractivity contribution >= 4 is 21.7 Å². The van der Waals surface area contributed by atoms with Gasteiger partial charge in [-0.3, -0.25) is 9.69 Å². The van der Waals surface area contributed by atoms with Crippen molar-refractivity contribution in [2.75, 3.05) is 44.2 Å². The van der Waals surface area contributed by atoms with Gasteiger partial charge in [-0.15, -0.1) is 0 Å². The van der Waals surface area contributed by atoms with E-state index in [1.54, 1.807) is 25.1 Å². The second-order valence-electron chi connectivity index (χ2n) is 12.3. The van der Waals surface area contributed by atoms with E-state index in [0.717, 1.165) is 18.7 Å². The van der Waals surface area contributed by atoms with Crippen molar-refractivity contribution in [2.45, 2.75) is 83.1 Å². The fourth-order valence-electron chi connectivity index (χ4n) is 5.74. The predicted octanol–water partition coefficient (Wildman–Crippen LogP) is 5.25. The van der Waals surface area contributed by atoms with Crippen molar-refractivity contribution in [3.8, 4) is 0 Å². The van der Waals surface area contributed by atoms with Crippen LogP contribution in [0, 0.1) is 0 Å². The molecular formula is C32H47N3O4S. The molecule has 2 aromatic carbocycles. The second-order valence-corrected chi connectivity index (χ2v) is 14.5. The van der Waals surface area contributed by atoms with Gasteiger partial charge in [-0.05, 0) is 69.7 Å². The van der Waals surface area contributed by atoms with E-state index >= 15 is 0 Å². The van der Waals surface area contributed by atoms with Gasteiger partial charge in [-0.1, -0.05) is 62.2 Å². The number of carbonyl (C=O) groups excluding carboxylic acids is 1. The van der Waals surface area contributed by atoms with Gasteiger partial charge in [-0.2, -0.15) is 4.31 Å². The summed E-state index contributed by atoms with van der Waals surface area (Å²) in [6.07, 6.45) is 5.22. The zero-order chi connectivity index (χ0) is 28.8. The molecule has 0 aromatic heterocycles. The maximum atomic E-state index is 14.3. The van der Waals surface area contributed by atoms with Crippen molar-refractivity contribution in [1.29, 1.82) is 0 Å². The summed E-state index contributed by atoms with van der Waals surface area (Å²) in [7, 11) is -3.93. The fourth-order valence-corrected chi connectivity index (χ4v) is 7.83. The third kappa shape index (κ3) is 7.25. The van der Waals surface area contributed by atoms with Gasteiger partial charge in [0, 0.05) is 51.5 Å². The molecule has 0 radical (unpaired) electrons. The minimum Gasteiger partial charge on any atom is -0.459 e. The van der Waals surface area contributed by atoms with Crippen molar-refractivity contribution < 1.29 is 17.9 Å². The molecule has 0 saturated carbocycles. The summed E-state index contributed by atoms with van der Waals surface area (Å²) in [5, 5.41) is 0. The molecule has 2 aliphatic rings. The SMILES string of the molecule is CCCCCc1ccc(N2CCN(S(=O)(=O)C3(C(=O)OC(C)(C)C)CCN(Cc4ccccc4)CC3)CC2)cc1. The number of rotatable bonds is 10. The lowest BCUT2D eigenvalue weighted by Crippen LogP contribution is -2.62. The molecule has 0 N–H and O–H groups in total. The first-order valence-corrected chi connectivity index (χ1v) is 16.3. The molecular weight excluding hydrogens is 522 g/mol. The summed E-state index contributed by atoms with van der Waals surface area (Å²) in [5.74, 6) is -0.611. The maximum absolute atomic E-state index is 14.3. The molecule has 220 valence electrons. The van der Waals surface area contributed by atoms with Gasteiger partial charge in [0.2, 0.25) is 10.0 Å². The molecule has 2 saturated heterocycles. The highest BCUT2D eigenvalue weighted by atomic mass is 32.2. The average molecular weight is 570 g/mol. The number of ether oxygens (including phenoxy) is 1. The average Bonchev–Trinajstić information content (AvgIpc) is 2.94. The number of anilines is 1. The molecule has 2 heterocycles. The molecule has 0 spiro atoms. The first-order valence-electron chi connectivity index (χ1n) is 14.9. The largest absolute Gasteiger partial charge is 0.459 e. The molecule has 0 unspecified atom stereocenters. The topological polar surface area (TPSA) is 70.2 Å². The van der Waals surface area contributed by atoms with Crippen LogP contribution in [-0.2, 0) is 32.5 Å². The summed E-state index contributed by atoms with van der Waals surface area (Å²) in [5.41, 5.74) is 2.88. The van der Waals surface area contributed by atoms with Crippen LogP contribution in [-0.4, -0.2) is 73.2 Å². The summed E-state index contributed by atoms with van der Waals surface area (Å²) >= 11 is 0. The van der Waals surface area contributed by atoms with Gasteiger partial charge in [-0.25, -0.2) is 8.42 Å². The Morgan fingerprint density at radius 2 is 1.48 bits per heavy atom. The van der Waals surface area contributed by atoms with Crippen molar-refractivity contribution in [3.05, 3.63) is 65.7 Å². The number of sulfonamides is 1. The highest BCUT2D eigenvalue weighted by molar-refractivity contribution is 7.91. The predicted molar refractivity (Wildman–Crippen MR) is 162 cm³/mol. The van der Waals surface area contributed by atoms with E-state index in [4.69, 9.17) is 4.74 Å². The number of aryl methyl sites for hydroxylation is 1. The van der Waals surface area contributed by atoms with Gasteiger partial charge in [0.1, 0.15) is 5.60 Å². The smallest absolute Gasteiger partial charge is 0.329 e. The normalized spacial score (nSPS) is 18.9. The van der Waals surface area contributed by atoms with Crippen LogP contribution in [0.1, 0.15) is 70.9 Å². The number of benzene rings is 2. The quantitative estimate of drug-likeness (QED) is 0.288. The van der Waals surface area contributed by atoms with Crippen molar-refractivity contribution in [1.82, 2.24) is 9.21 Å². The Hall–Kier alpha value is -2.42. The number of carbonyl (C=O) groups is 1. The standard InChI is InChI=1S/C32H47N3O4S/c1-5-6-8-11-27-14-16-29(17-15-27)34-22-24-35(25-23-34)40(37,38)32(30(36)39-31(2,3)4)18-20-33(21-19-32)26-28-12-9-7-10-13-28/h7,9-10,12-17H,5-6,8,11,18-26H2,1-4H3. The molecule has 8 heteroatoms. The van der Waals surface area contributed by atoms with E-state index in [1.165, 1.54) is 30.4 Å². The van der Waals surface area contributed by atoms with E-state index in [0.29, 0.717) is 39.3 Å². The first-order chi connectivity index (χ1) is 19.0. The zero-order valence-corrected chi connectivity index (χ0v) is 25.6. The molecule has 2 aliphatic heterocycles. The van der Waals surface area contributed by atoms with Crippen LogP contribution in [0.2, 0.25) is 0 Å². The number of unbranched alkanes of at least 4 members (excludes halogenated alkanes) is 2. The molecule has 0 amide bonds. The van der Waals surface area contributed by atoms with Gasteiger partial charge < -0.3 is 9.64 Å². The first kappa shape index (κ1) is 30.5. The Labute approximate surface area is 241 Å². The van der Waals surface area contributed by atoms with Crippen LogP contribution in [0.15, 0.2) is 54.6 Å². The Bertz CT molecular complexity index is 1190. The molecule has 2 fully saturated rings. The number of hydrogen-bond acceptors (Lipinski definition) is 6. The van der Waals surface area contributed by atoms with E-state index < -0.39 is 26.3 Å². The van der Waals surface area contributed by atoms with Gasteiger partial charge >= 0.3 is 5.97 Å². The third-order valence-corrected chi connectivity index (χ3v) is 10.7. The van der Waals surface area contributed by atoms with Gasteiger partial charge in [0.15, 0.2) is 4.75 Å². The molecule has 0 atom stereocenters. The van der Waals surface area contributed by atoms with Crippen LogP contribution in [0.4, 0.5) is 5.69 Å². The van der Waals surface area contributed by atoms with Gasteiger partial charge in [0.05, 0.1) is 0 Å². The zero-order valence-electron chi connectivity index (χ0n) is 24.8. The third-order valence-electron chi connectivity index (χ3n) is 8.13. The minimum atomic E-state index is -3.93.